The maximum atomic E-state index is 13.1. The van der Waals surface area contributed by atoms with Crippen molar-refractivity contribution >= 4 is 44.4 Å². The molecule has 144 valence electrons. The predicted molar refractivity (Wildman–Crippen MR) is 117 cm³/mol. The summed E-state index contributed by atoms with van der Waals surface area (Å²) < 4.78 is 2.57. The second kappa shape index (κ2) is 7.93. The molecule has 0 radical (unpaired) electrons. The molecule has 0 aliphatic carbocycles. The number of hydrogen-bond acceptors (Lipinski definition) is 2. The van der Waals surface area contributed by atoms with E-state index >= 15 is 0 Å². The van der Waals surface area contributed by atoms with Crippen molar-refractivity contribution in [3.8, 4) is 0 Å². The number of carbonyl (C=O) groups is 2. The van der Waals surface area contributed by atoms with Gasteiger partial charge in [0.15, 0.2) is 0 Å². The second-order valence-corrected chi connectivity index (χ2v) is 7.52. The SMILES string of the molecule is O=C(O)c1cc(Br)ccc1NC(=O)c1cc2ccccc2n1Cc1ccccc1. The summed E-state index contributed by atoms with van der Waals surface area (Å²) >= 11 is 3.27. The summed E-state index contributed by atoms with van der Waals surface area (Å²) in [6.45, 7) is 0.531. The van der Waals surface area contributed by atoms with Gasteiger partial charge in [0, 0.05) is 21.9 Å². The van der Waals surface area contributed by atoms with Gasteiger partial charge in [0.2, 0.25) is 0 Å². The topological polar surface area (TPSA) is 71.3 Å². The first-order valence-electron chi connectivity index (χ1n) is 8.99. The van der Waals surface area contributed by atoms with E-state index in [4.69, 9.17) is 0 Å². The van der Waals surface area contributed by atoms with Crippen LogP contribution in [0.25, 0.3) is 10.9 Å². The average Bonchev–Trinajstić information content (AvgIpc) is 3.08. The van der Waals surface area contributed by atoms with Crippen molar-refractivity contribution in [1.82, 2.24) is 4.57 Å². The van der Waals surface area contributed by atoms with Gasteiger partial charge in [-0.25, -0.2) is 4.79 Å². The lowest BCUT2D eigenvalue weighted by Crippen LogP contribution is -2.19. The number of carbonyl (C=O) groups excluding carboxylic acids is 1. The third-order valence-corrected chi connectivity index (χ3v) is 5.18. The molecule has 2 N–H and O–H groups in total. The van der Waals surface area contributed by atoms with Crippen molar-refractivity contribution in [3.63, 3.8) is 0 Å². The number of carboxylic acid groups (broad SMARTS) is 1. The number of hydrogen-bond donors (Lipinski definition) is 2. The maximum Gasteiger partial charge on any atom is 0.337 e. The van der Waals surface area contributed by atoms with E-state index in [9.17, 15) is 14.7 Å². The minimum absolute atomic E-state index is 0.0263. The molecule has 0 aliphatic rings. The molecule has 6 heteroatoms. The number of halogens is 1. The third kappa shape index (κ3) is 3.93. The van der Waals surface area contributed by atoms with E-state index in [1.807, 2.05) is 65.2 Å². The molecule has 0 saturated carbocycles. The lowest BCUT2D eigenvalue weighted by atomic mass is 10.1. The molecule has 5 nitrogen and oxygen atoms in total. The standard InChI is InChI=1S/C23H17BrN2O3/c24-17-10-11-19(18(13-17)23(28)29)25-22(27)21-12-16-8-4-5-9-20(16)26(21)14-15-6-2-1-3-7-15/h1-13H,14H2,(H,25,27)(H,28,29). The molecule has 0 unspecified atom stereocenters. The van der Waals surface area contributed by atoms with Gasteiger partial charge in [0.25, 0.3) is 5.91 Å². The van der Waals surface area contributed by atoms with Gasteiger partial charge in [-0.1, -0.05) is 64.5 Å². The van der Waals surface area contributed by atoms with Gasteiger partial charge >= 0.3 is 5.97 Å². The van der Waals surface area contributed by atoms with Crippen LogP contribution >= 0.6 is 15.9 Å². The van der Waals surface area contributed by atoms with Gasteiger partial charge in [-0.3, -0.25) is 4.79 Å². The summed E-state index contributed by atoms with van der Waals surface area (Å²) in [5.74, 6) is -1.46. The monoisotopic (exact) mass is 448 g/mol. The number of aromatic nitrogens is 1. The number of rotatable bonds is 5. The zero-order valence-corrected chi connectivity index (χ0v) is 16.9. The Morgan fingerprint density at radius 2 is 1.66 bits per heavy atom. The van der Waals surface area contributed by atoms with Crippen LogP contribution in [-0.2, 0) is 6.54 Å². The summed E-state index contributed by atoms with van der Waals surface area (Å²) in [7, 11) is 0. The van der Waals surface area contributed by atoms with Gasteiger partial charge in [-0.2, -0.15) is 0 Å². The van der Waals surface area contributed by atoms with Crippen LogP contribution in [0.5, 0.6) is 0 Å². The number of amides is 1. The first-order chi connectivity index (χ1) is 14.0. The van der Waals surface area contributed by atoms with E-state index in [-0.39, 0.29) is 17.2 Å². The Morgan fingerprint density at radius 3 is 2.41 bits per heavy atom. The number of anilines is 1. The fourth-order valence-corrected chi connectivity index (χ4v) is 3.68. The summed E-state index contributed by atoms with van der Waals surface area (Å²) in [6.07, 6.45) is 0. The molecule has 0 saturated heterocycles. The normalized spacial score (nSPS) is 10.8. The molecular weight excluding hydrogens is 432 g/mol. The van der Waals surface area contributed by atoms with Crippen molar-refractivity contribution in [3.05, 3.63) is 100 Å². The molecule has 0 aliphatic heterocycles. The molecule has 0 fully saturated rings. The maximum absolute atomic E-state index is 13.1. The largest absolute Gasteiger partial charge is 0.478 e. The molecule has 4 aromatic rings. The first kappa shape index (κ1) is 19.0. The van der Waals surface area contributed by atoms with Gasteiger partial charge < -0.3 is 15.0 Å². The fraction of sp³-hybridized carbons (Fsp3) is 0.0435. The Kier molecular flexibility index (Phi) is 5.18. The summed E-state index contributed by atoms with van der Waals surface area (Å²) in [4.78, 5) is 24.7. The van der Waals surface area contributed by atoms with Crippen LogP contribution in [-0.4, -0.2) is 21.6 Å². The molecule has 29 heavy (non-hydrogen) atoms. The van der Waals surface area contributed by atoms with Crippen LogP contribution < -0.4 is 5.32 Å². The molecule has 1 amide bonds. The number of aromatic carboxylic acids is 1. The molecule has 4 rings (SSSR count). The molecule has 1 aromatic heterocycles. The highest BCUT2D eigenvalue weighted by atomic mass is 79.9. The highest BCUT2D eigenvalue weighted by molar-refractivity contribution is 9.10. The Hall–Kier alpha value is -3.38. The molecular formula is C23H17BrN2O3. The number of para-hydroxylation sites is 1. The van der Waals surface area contributed by atoms with E-state index < -0.39 is 5.97 Å². The summed E-state index contributed by atoms with van der Waals surface area (Å²) in [5, 5.41) is 13.2. The molecule has 0 atom stereocenters. The molecule has 0 bridgehead atoms. The number of carboxylic acids is 1. The lowest BCUT2D eigenvalue weighted by molar-refractivity contribution is 0.0698. The van der Waals surface area contributed by atoms with Crippen molar-refractivity contribution in [1.29, 1.82) is 0 Å². The fourth-order valence-electron chi connectivity index (χ4n) is 3.32. The smallest absolute Gasteiger partial charge is 0.337 e. The van der Waals surface area contributed by atoms with Crippen LogP contribution in [0.4, 0.5) is 5.69 Å². The van der Waals surface area contributed by atoms with Crippen LogP contribution in [0.1, 0.15) is 26.4 Å². The van der Waals surface area contributed by atoms with E-state index in [1.165, 1.54) is 6.07 Å². The van der Waals surface area contributed by atoms with E-state index in [0.29, 0.717) is 16.7 Å². The minimum Gasteiger partial charge on any atom is -0.478 e. The van der Waals surface area contributed by atoms with E-state index in [0.717, 1.165) is 16.5 Å². The van der Waals surface area contributed by atoms with Crippen molar-refractivity contribution in [2.45, 2.75) is 6.54 Å². The number of nitrogens with zero attached hydrogens (tertiary/aromatic N) is 1. The second-order valence-electron chi connectivity index (χ2n) is 6.61. The highest BCUT2D eigenvalue weighted by Gasteiger charge is 2.19. The van der Waals surface area contributed by atoms with Crippen LogP contribution in [0, 0.1) is 0 Å². The van der Waals surface area contributed by atoms with E-state index in [2.05, 4.69) is 21.2 Å². The van der Waals surface area contributed by atoms with Crippen molar-refractivity contribution in [2.24, 2.45) is 0 Å². The van der Waals surface area contributed by atoms with E-state index in [1.54, 1.807) is 12.1 Å². The zero-order chi connectivity index (χ0) is 20.4. The van der Waals surface area contributed by atoms with Crippen molar-refractivity contribution in [2.75, 3.05) is 5.32 Å². The third-order valence-electron chi connectivity index (χ3n) is 4.69. The quantitative estimate of drug-likeness (QED) is 0.429. The Morgan fingerprint density at radius 1 is 0.931 bits per heavy atom. The average molecular weight is 449 g/mol. The van der Waals surface area contributed by atoms with Crippen LogP contribution in [0.3, 0.4) is 0 Å². The van der Waals surface area contributed by atoms with Gasteiger partial charge in [-0.15, -0.1) is 0 Å². The molecule has 0 spiro atoms. The number of benzene rings is 3. The Balaban J connectivity index is 1.75. The minimum atomic E-state index is -1.11. The van der Waals surface area contributed by atoms with Gasteiger partial charge in [0.05, 0.1) is 11.3 Å². The van der Waals surface area contributed by atoms with Gasteiger partial charge in [0.1, 0.15) is 5.69 Å². The highest BCUT2D eigenvalue weighted by Crippen LogP contribution is 2.25. The predicted octanol–water partition coefficient (Wildman–Crippen LogP) is 5.40. The molecule has 1 heterocycles. The Labute approximate surface area is 175 Å². The summed E-state index contributed by atoms with van der Waals surface area (Å²) in [6, 6.07) is 24.2. The Bertz CT molecular complexity index is 1220. The number of nitrogens with one attached hydrogen (secondary N) is 1. The van der Waals surface area contributed by atoms with Crippen LogP contribution in [0.15, 0.2) is 83.3 Å². The zero-order valence-electron chi connectivity index (χ0n) is 15.3. The first-order valence-corrected chi connectivity index (χ1v) is 9.78. The molecule has 3 aromatic carbocycles. The number of fused-ring (bicyclic) bond motifs is 1. The van der Waals surface area contributed by atoms with Gasteiger partial charge in [-0.05, 0) is 35.9 Å². The van der Waals surface area contributed by atoms with Crippen molar-refractivity contribution < 1.29 is 14.7 Å². The van der Waals surface area contributed by atoms with Crippen LogP contribution in [0.2, 0.25) is 0 Å². The summed E-state index contributed by atoms with van der Waals surface area (Å²) in [5.41, 5.74) is 2.75. The lowest BCUT2D eigenvalue weighted by Gasteiger charge is -2.13.